The lowest BCUT2D eigenvalue weighted by Crippen LogP contribution is -2.35. The van der Waals surface area contributed by atoms with E-state index in [2.05, 4.69) is 0 Å². The smallest absolute Gasteiger partial charge is 0.290 e. The van der Waals surface area contributed by atoms with Crippen LogP contribution in [0.3, 0.4) is 0 Å². The van der Waals surface area contributed by atoms with Gasteiger partial charge < -0.3 is 19.2 Å². The summed E-state index contributed by atoms with van der Waals surface area (Å²) in [6.07, 6.45) is -0.773. The van der Waals surface area contributed by atoms with E-state index in [0.717, 1.165) is 0 Å². The number of β-amino-alcohol motifs (C(OH)–C–C–N with tert-alkyl or cyclic N) is 1. The van der Waals surface area contributed by atoms with Crippen molar-refractivity contribution < 1.29 is 19.1 Å². The van der Waals surface area contributed by atoms with Crippen LogP contribution in [-0.4, -0.2) is 35.7 Å². The number of carbonyl (C=O) groups excluding carboxylic acids is 1. The van der Waals surface area contributed by atoms with E-state index >= 15 is 0 Å². The summed E-state index contributed by atoms with van der Waals surface area (Å²) in [5.74, 6) is 0.162. The maximum absolute atomic E-state index is 13.3. The third kappa shape index (κ3) is 2.95. The van der Waals surface area contributed by atoms with Crippen LogP contribution in [0.15, 0.2) is 51.7 Å². The fourth-order valence-corrected chi connectivity index (χ4v) is 3.80. The van der Waals surface area contributed by atoms with Crippen molar-refractivity contribution in [2.24, 2.45) is 0 Å². The van der Waals surface area contributed by atoms with Crippen molar-refractivity contribution in [1.29, 1.82) is 0 Å². The van der Waals surface area contributed by atoms with Gasteiger partial charge in [0.05, 0.1) is 30.2 Å². The predicted octanol–water partition coefficient (Wildman–Crippen LogP) is 3.38. The second-order valence-electron chi connectivity index (χ2n) is 6.80. The average molecular weight is 400 g/mol. The third-order valence-corrected chi connectivity index (χ3v) is 5.03. The summed E-state index contributed by atoms with van der Waals surface area (Å²) in [5, 5.41) is 10.6. The van der Waals surface area contributed by atoms with Gasteiger partial charge in [0.15, 0.2) is 5.43 Å². The molecular weight excluding hydrogens is 382 g/mol. The van der Waals surface area contributed by atoms with E-state index in [-0.39, 0.29) is 23.3 Å². The Balaban J connectivity index is 2.00. The van der Waals surface area contributed by atoms with Gasteiger partial charge in [0.25, 0.3) is 5.91 Å². The van der Waals surface area contributed by atoms with E-state index < -0.39 is 18.1 Å². The van der Waals surface area contributed by atoms with Crippen LogP contribution in [0.2, 0.25) is 5.02 Å². The molecule has 3 aromatic rings. The number of fused-ring (bicyclic) bond motifs is 2. The maximum atomic E-state index is 13.3. The number of ether oxygens (including phenoxy) is 1. The summed E-state index contributed by atoms with van der Waals surface area (Å²) in [6, 6.07) is 11.2. The van der Waals surface area contributed by atoms with E-state index in [1.54, 1.807) is 44.4 Å². The summed E-state index contributed by atoms with van der Waals surface area (Å²) >= 11 is 6.05. The van der Waals surface area contributed by atoms with Gasteiger partial charge in [-0.1, -0.05) is 23.7 Å². The number of carbonyl (C=O) groups is 1. The van der Waals surface area contributed by atoms with Crippen LogP contribution in [0.1, 0.15) is 34.6 Å². The number of methoxy groups -OCH3 is 1. The van der Waals surface area contributed by atoms with Gasteiger partial charge in [-0.15, -0.1) is 0 Å². The molecule has 0 spiro atoms. The number of hydrogen-bond donors (Lipinski definition) is 1. The molecule has 2 heterocycles. The van der Waals surface area contributed by atoms with Crippen LogP contribution in [0.25, 0.3) is 11.0 Å². The second kappa shape index (κ2) is 6.96. The number of aliphatic hydroxyl groups is 1. The first-order valence-corrected chi connectivity index (χ1v) is 9.17. The monoisotopic (exact) mass is 399 g/mol. The SMILES string of the molecule is COc1cccc(C2c3c(oc4ccc(Cl)cc4c3=O)C(=O)N2CC(C)O)c1. The molecule has 144 valence electrons. The molecule has 28 heavy (non-hydrogen) atoms. The highest BCUT2D eigenvalue weighted by molar-refractivity contribution is 6.31. The molecule has 0 saturated heterocycles. The van der Waals surface area contributed by atoms with Gasteiger partial charge in [-0.25, -0.2) is 0 Å². The van der Waals surface area contributed by atoms with Gasteiger partial charge in [-0.3, -0.25) is 9.59 Å². The highest BCUT2D eigenvalue weighted by atomic mass is 35.5. The minimum absolute atomic E-state index is 0.00621. The first kappa shape index (κ1) is 18.5. The van der Waals surface area contributed by atoms with Crippen molar-refractivity contribution >= 4 is 28.5 Å². The lowest BCUT2D eigenvalue weighted by molar-refractivity contribution is 0.0611. The molecule has 0 bridgehead atoms. The molecule has 2 atom stereocenters. The molecule has 2 unspecified atom stereocenters. The Bertz CT molecular complexity index is 1140. The van der Waals surface area contributed by atoms with Crippen LogP contribution in [-0.2, 0) is 0 Å². The van der Waals surface area contributed by atoms with E-state index in [9.17, 15) is 14.7 Å². The zero-order valence-corrected chi connectivity index (χ0v) is 16.1. The zero-order valence-electron chi connectivity index (χ0n) is 15.3. The van der Waals surface area contributed by atoms with Crippen molar-refractivity contribution in [3.8, 4) is 5.75 Å². The van der Waals surface area contributed by atoms with Gasteiger partial charge in [0.2, 0.25) is 5.76 Å². The molecule has 0 radical (unpaired) electrons. The van der Waals surface area contributed by atoms with Crippen molar-refractivity contribution in [1.82, 2.24) is 4.90 Å². The Kier molecular flexibility index (Phi) is 4.61. The molecule has 1 amide bonds. The van der Waals surface area contributed by atoms with Crippen LogP contribution in [0.5, 0.6) is 5.75 Å². The summed E-state index contributed by atoms with van der Waals surface area (Å²) in [6.45, 7) is 1.64. The van der Waals surface area contributed by atoms with Crippen molar-refractivity contribution in [2.45, 2.75) is 19.1 Å². The third-order valence-electron chi connectivity index (χ3n) is 4.80. The number of aliphatic hydroxyl groups excluding tert-OH is 1. The summed E-state index contributed by atoms with van der Waals surface area (Å²) < 4.78 is 11.1. The Morgan fingerprint density at radius 3 is 2.75 bits per heavy atom. The number of benzene rings is 2. The molecule has 2 aromatic carbocycles. The molecule has 0 fully saturated rings. The van der Waals surface area contributed by atoms with Crippen molar-refractivity contribution in [3.05, 3.63) is 74.6 Å². The molecule has 0 aliphatic carbocycles. The number of amides is 1. The van der Waals surface area contributed by atoms with Gasteiger partial charge in [0.1, 0.15) is 11.3 Å². The minimum atomic E-state index is -0.773. The number of halogens is 1. The molecule has 0 saturated carbocycles. The van der Waals surface area contributed by atoms with Crippen LogP contribution < -0.4 is 10.2 Å². The van der Waals surface area contributed by atoms with Gasteiger partial charge >= 0.3 is 0 Å². The van der Waals surface area contributed by atoms with Crippen LogP contribution >= 0.6 is 11.6 Å². The molecule has 1 aliphatic heterocycles. The summed E-state index contributed by atoms with van der Waals surface area (Å²) in [4.78, 5) is 27.8. The molecule has 6 nitrogen and oxygen atoms in total. The molecular formula is C21H18ClNO5. The van der Waals surface area contributed by atoms with Crippen molar-refractivity contribution in [3.63, 3.8) is 0 Å². The summed E-state index contributed by atoms with van der Waals surface area (Å²) in [7, 11) is 1.55. The lowest BCUT2D eigenvalue weighted by Gasteiger charge is -2.26. The molecule has 1 aliphatic rings. The average Bonchev–Trinajstić information content (AvgIpc) is 2.94. The van der Waals surface area contributed by atoms with E-state index in [1.807, 2.05) is 6.07 Å². The van der Waals surface area contributed by atoms with E-state index in [4.69, 9.17) is 20.8 Å². The normalized spacial score (nSPS) is 17.1. The minimum Gasteiger partial charge on any atom is -0.497 e. The first-order valence-electron chi connectivity index (χ1n) is 8.80. The van der Waals surface area contributed by atoms with Gasteiger partial charge in [-0.2, -0.15) is 0 Å². The predicted molar refractivity (Wildman–Crippen MR) is 105 cm³/mol. The topological polar surface area (TPSA) is 80.0 Å². The van der Waals surface area contributed by atoms with E-state index in [0.29, 0.717) is 27.3 Å². The highest BCUT2D eigenvalue weighted by Crippen LogP contribution is 2.39. The first-order chi connectivity index (χ1) is 13.4. The Morgan fingerprint density at radius 2 is 2.04 bits per heavy atom. The van der Waals surface area contributed by atoms with Gasteiger partial charge in [-0.05, 0) is 42.8 Å². The van der Waals surface area contributed by atoms with Gasteiger partial charge in [0, 0.05) is 11.6 Å². The zero-order chi connectivity index (χ0) is 20.0. The Morgan fingerprint density at radius 1 is 1.25 bits per heavy atom. The van der Waals surface area contributed by atoms with Crippen LogP contribution in [0.4, 0.5) is 0 Å². The molecule has 1 aromatic heterocycles. The quantitative estimate of drug-likeness (QED) is 0.727. The lowest BCUT2D eigenvalue weighted by atomic mass is 9.98. The fraction of sp³-hybridized carbons (Fsp3) is 0.238. The molecule has 1 N–H and O–H groups in total. The molecule has 4 rings (SSSR count). The Labute approximate surface area is 165 Å². The maximum Gasteiger partial charge on any atom is 0.290 e. The van der Waals surface area contributed by atoms with E-state index in [1.165, 1.54) is 11.0 Å². The number of nitrogens with zero attached hydrogens (tertiary/aromatic N) is 1. The van der Waals surface area contributed by atoms with Crippen LogP contribution in [0, 0.1) is 0 Å². The van der Waals surface area contributed by atoms with Crippen molar-refractivity contribution in [2.75, 3.05) is 13.7 Å². The number of hydrogen-bond acceptors (Lipinski definition) is 5. The standard InChI is InChI=1S/C21H18ClNO5/c1-11(24)10-23-18(12-4-3-5-14(8-12)27-2)17-19(25)15-9-13(22)6-7-16(15)28-20(17)21(23)26/h3-9,11,18,24H,10H2,1-2H3. The Hall–Kier alpha value is -2.83. The summed E-state index contributed by atoms with van der Waals surface area (Å²) in [5.41, 5.74) is 0.923. The second-order valence-corrected chi connectivity index (χ2v) is 7.24. The molecule has 7 heteroatoms. The number of rotatable bonds is 4. The fourth-order valence-electron chi connectivity index (χ4n) is 3.62. The largest absolute Gasteiger partial charge is 0.497 e. The highest BCUT2D eigenvalue weighted by Gasteiger charge is 2.43.